The van der Waals surface area contributed by atoms with Crippen molar-refractivity contribution in [2.45, 2.75) is 5.22 Å². The standard InChI is InChI=1S/C21H22N4O4S/c1-27-18-4-2-3-15(13-18)20-23-24-21(29-20)30-14-19(26)22-16-5-7-17(8-6-16)25-9-11-28-12-10-25/h2-8,13H,9-12,14H2,1H3,(H,22,26). The highest BCUT2D eigenvalue weighted by molar-refractivity contribution is 7.99. The van der Waals surface area contributed by atoms with Crippen LogP contribution in [0.5, 0.6) is 5.75 Å². The molecule has 30 heavy (non-hydrogen) atoms. The quantitative estimate of drug-likeness (QED) is 0.576. The number of hydrogen-bond donors (Lipinski definition) is 1. The van der Waals surface area contributed by atoms with E-state index in [0.29, 0.717) is 16.9 Å². The zero-order valence-corrected chi connectivity index (χ0v) is 17.4. The molecule has 1 N–H and O–H groups in total. The monoisotopic (exact) mass is 426 g/mol. The Labute approximate surface area is 178 Å². The fraction of sp³-hybridized carbons (Fsp3) is 0.286. The van der Waals surface area contributed by atoms with E-state index in [1.54, 1.807) is 7.11 Å². The van der Waals surface area contributed by atoms with E-state index < -0.39 is 0 Å². The third kappa shape index (κ3) is 5.11. The molecule has 2 aromatic carbocycles. The number of morpholine rings is 1. The van der Waals surface area contributed by atoms with Gasteiger partial charge in [-0.15, -0.1) is 10.2 Å². The van der Waals surface area contributed by atoms with Crippen LogP contribution in [0.3, 0.4) is 0 Å². The van der Waals surface area contributed by atoms with E-state index in [9.17, 15) is 4.79 Å². The van der Waals surface area contributed by atoms with Crippen molar-refractivity contribution in [2.75, 3.05) is 49.4 Å². The fourth-order valence-corrected chi connectivity index (χ4v) is 3.61. The zero-order chi connectivity index (χ0) is 20.8. The number of anilines is 2. The van der Waals surface area contributed by atoms with Crippen molar-refractivity contribution >= 4 is 29.0 Å². The first-order valence-corrected chi connectivity index (χ1v) is 10.5. The van der Waals surface area contributed by atoms with Crippen molar-refractivity contribution in [3.8, 4) is 17.2 Å². The van der Waals surface area contributed by atoms with Crippen LogP contribution in [0, 0.1) is 0 Å². The van der Waals surface area contributed by atoms with E-state index in [-0.39, 0.29) is 11.7 Å². The molecule has 8 nitrogen and oxygen atoms in total. The predicted octanol–water partition coefficient (Wildman–Crippen LogP) is 3.31. The van der Waals surface area contributed by atoms with Crippen LogP contribution in [0.2, 0.25) is 0 Å². The summed E-state index contributed by atoms with van der Waals surface area (Å²) in [6.45, 7) is 3.24. The Balaban J connectivity index is 1.29. The van der Waals surface area contributed by atoms with Gasteiger partial charge < -0.3 is 24.1 Å². The number of amides is 1. The topological polar surface area (TPSA) is 89.7 Å². The highest BCUT2D eigenvalue weighted by Crippen LogP contribution is 2.26. The van der Waals surface area contributed by atoms with E-state index in [1.807, 2.05) is 48.5 Å². The number of nitrogens with one attached hydrogen (secondary N) is 1. The molecule has 1 amide bonds. The molecule has 0 saturated carbocycles. The molecule has 1 aromatic heterocycles. The second-order valence-electron chi connectivity index (χ2n) is 6.59. The molecule has 0 atom stereocenters. The van der Waals surface area contributed by atoms with Gasteiger partial charge in [-0.3, -0.25) is 4.79 Å². The molecule has 1 fully saturated rings. The lowest BCUT2D eigenvalue weighted by Crippen LogP contribution is -2.36. The lowest BCUT2D eigenvalue weighted by atomic mass is 10.2. The van der Waals surface area contributed by atoms with E-state index >= 15 is 0 Å². The second-order valence-corrected chi connectivity index (χ2v) is 7.51. The lowest BCUT2D eigenvalue weighted by molar-refractivity contribution is -0.113. The van der Waals surface area contributed by atoms with Crippen LogP contribution in [-0.4, -0.2) is 55.3 Å². The maximum Gasteiger partial charge on any atom is 0.277 e. The molecule has 1 aliphatic rings. The number of nitrogens with zero attached hydrogens (tertiary/aromatic N) is 3. The molecular weight excluding hydrogens is 404 g/mol. The van der Waals surface area contributed by atoms with Crippen LogP contribution in [0.15, 0.2) is 58.2 Å². The van der Waals surface area contributed by atoms with E-state index in [2.05, 4.69) is 20.4 Å². The normalized spacial score (nSPS) is 13.8. The Morgan fingerprint density at radius 2 is 1.97 bits per heavy atom. The van der Waals surface area contributed by atoms with Crippen molar-refractivity contribution in [1.82, 2.24) is 10.2 Å². The molecule has 0 spiro atoms. The van der Waals surface area contributed by atoms with Crippen molar-refractivity contribution < 1.29 is 18.7 Å². The minimum atomic E-state index is -0.139. The maximum atomic E-state index is 12.3. The molecule has 0 unspecified atom stereocenters. The molecule has 1 saturated heterocycles. The summed E-state index contributed by atoms with van der Waals surface area (Å²) < 4.78 is 16.2. The van der Waals surface area contributed by atoms with Gasteiger partial charge in [0.1, 0.15) is 5.75 Å². The molecule has 156 valence electrons. The number of thioether (sulfide) groups is 1. The smallest absolute Gasteiger partial charge is 0.277 e. The molecule has 3 aromatic rings. The fourth-order valence-electron chi connectivity index (χ4n) is 3.04. The number of benzene rings is 2. The van der Waals surface area contributed by atoms with Gasteiger partial charge in [0, 0.05) is 30.0 Å². The number of carbonyl (C=O) groups is 1. The summed E-state index contributed by atoms with van der Waals surface area (Å²) in [4.78, 5) is 14.5. The molecule has 1 aliphatic heterocycles. The Morgan fingerprint density at radius 1 is 1.17 bits per heavy atom. The van der Waals surface area contributed by atoms with Gasteiger partial charge in [0.05, 0.1) is 26.1 Å². The first-order valence-electron chi connectivity index (χ1n) is 9.54. The van der Waals surface area contributed by atoms with Gasteiger partial charge in [-0.1, -0.05) is 17.8 Å². The third-order valence-electron chi connectivity index (χ3n) is 4.58. The van der Waals surface area contributed by atoms with Crippen LogP contribution >= 0.6 is 11.8 Å². The van der Waals surface area contributed by atoms with Gasteiger partial charge in [0.25, 0.3) is 5.22 Å². The second kappa shape index (κ2) is 9.64. The van der Waals surface area contributed by atoms with E-state index in [0.717, 1.165) is 43.2 Å². The van der Waals surface area contributed by atoms with Crippen LogP contribution in [0.1, 0.15) is 0 Å². The van der Waals surface area contributed by atoms with Crippen LogP contribution in [0.4, 0.5) is 11.4 Å². The van der Waals surface area contributed by atoms with E-state index in [4.69, 9.17) is 13.9 Å². The summed E-state index contributed by atoms with van der Waals surface area (Å²) in [6.07, 6.45) is 0. The minimum absolute atomic E-state index is 0.139. The summed E-state index contributed by atoms with van der Waals surface area (Å²) in [5.74, 6) is 1.12. The highest BCUT2D eigenvalue weighted by atomic mass is 32.2. The number of hydrogen-bond acceptors (Lipinski definition) is 8. The zero-order valence-electron chi connectivity index (χ0n) is 16.5. The van der Waals surface area contributed by atoms with Gasteiger partial charge in [-0.05, 0) is 42.5 Å². The maximum absolute atomic E-state index is 12.3. The first kappa shape index (κ1) is 20.2. The SMILES string of the molecule is COc1cccc(-c2nnc(SCC(=O)Nc3ccc(N4CCOCC4)cc3)o2)c1. The molecule has 2 heterocycles. The Bertz CT molecular complexity index is 987. The Hall–Kier alpha value is -3.04. The van der Waals surface area contributed by atoms with Crippen LogP contribution in [-0.2, 0) is 9.53 Å². The van der Waals surface area contributed by atoms with Crippen LogP contribution in [0.25, 0.3) is 11.5 Å². The summed E-state index contributed by atoms with van der Waals surface area (Å²) in [5, 5.41) is 11.3. The Morgan fingerprint density at radius 3 is 2.73 bits per heavy atom. The average molecular weight is 426 g/mol. The molecule has 9 heteroatoms. The van der Waals surface area contributed by atoms with Gasteiger partial charge in [-0.25, -0.2) is 0 Å². The van der Waals surface area contributed by atoms with Gasteiger partial charge in [0.15, 0.2) is 0 Å². The Kier molecular flexibility index (Phi) is 6.50. The van der Waals surface area contributed by atoms with Crippen LogP contribution < -0.4 is 15.0 Å². The van der Waals surface area contributed by atoms with Gasteiger partial charge in [-0.2, -0.15) is 0 Å². The summed E-state index contributed by atoms with van der Waals surface area (Å²) >= 11 is 1.19. The summed E-state index contributed by atoms with van der Waals surface area (Å²) in [5.41, 5.74) is 2.64. The number of rotatable bonds is 7. The van der Waals surface area contributed by atoms with Crippen molar-refractivity contribution in [2.24, 2.45) is 0 Å². The summed E-state index contributed by atoms with van der Waals surface area (Å²) in [6, 6.07) is 15.2. The first-order chi connectivity index (χ1) is 14.7. The van der Waals surface area contributed by atoms with Crippen molar-refractivity contribution in [3.05, 3.63) is 48.5 Å². The predicted molar refractivity (Wildman–Crippen MR) is 115 cm³/mol. The number of aromatic nitrogens is 2. The minimum Gasteiger partial charge on any atom is -0.497 e. The van der Waals surface area contributed by atoms with E-state index in [1.165, 1.54) is 11.8 Å². The molecule has 0 bridgehead atoms. The highest BCUT2D eigenvalue weighted by Gasteiger charge is 2.13. The largest absolute Gasteiger partial charge is 0.497 e. The number of carbonyl (C=O) groups excluding carboxylic acids is 1. The third-order valence-corrected chi connectivity index (χ3v) is 5.40. The molecule has 0 radical (unpaired) electrons. The van der Waals surface area contributed by atoms with Gasteiger partial charge in [0.2, 0.25) is 11.8 Å². The molecule has 4 rings (SSSR count). The number of methoxy groups -OCH3 is 1. The molecule has 0 aliphatic carbocycles. The molecular formula is C21H22N4O4S. The van der Waals surface area contributed by atoms with Crippen molar-refractivity contribution in [1.29, 1.82) is 0 Å². The number of ether oxygens (including phenoxy) is 2. The lowest BCUT2D eigenvalue weighted by Gasteiger charge is -2.28. The summed E-state index contributed by atoms with van der Waals surface area (Å²) in [7, 11) is 1.60. The van der Waals surface area contributed by atoms with Crippen molar-refractivity contribution in [3.63, 3.8) is 0 Å². The van der Waals surface area contributed by atoms with Gasteiger partial charge >= 0.3 is 0 Å². The average Bonchev–Trinajstić information content (AvgIpc) is 3.28.